The molecule has 0 aromatic heterocycles. The van der Waals surface area contributed by atoms with Crippen molar-refractivity contribution in [2.45, 2.75) is 45.6 Å². The lowest BCUT2D eigenvalue weighted by Crippen LogP contribution is -2.25. The second kappa shape index (κ2) is 9.82. The second-order valence-electron chi connectivity index (χ2n) is 5.04. The topological polar surface area (TPSA) is 41.5 Å². The van der Waals surface area contributed by atoms with Gasteiger partial charge in [0.05, 0.1) is 12.7 Å². The van der Waals surface area contributed by atoms with Crippen LogP contribution in [0.3, 0.4) is 0 Å². The quantitative estimate of drug-likeness (QED) is 0.637. The SMILES string of the molecule is CCCCCCOCC(O)CNc1ccc(C)cc1. The molecule has 3 heteroatoms. The first-order chi connectivity index (χ1) is 9.22. The smallest absolute Gasteiger partial charge is 0.0945 e. The highest BCUT2D eigenvalue weighted by atomic mass is 16.5. The van der Waals surface area contributed by atoms with E-state index in [4.69, 9.17) is 4.74 Å². The minimum Gasteiger partial charge on any atom is -0.389 e. The van der Waals surface area contributed by atoms with E-state index in [0.717, 1.165) is 18.7 Å². The van der Waals surface area contributed by atoms with Crippen LogP contribution in [0.2, 0.25) is 0 Å². The Labute approximate surface area is 117 Å². The van der Waals surface area contributed by atoms with Gasteiger partial charge in [0.2, 0.25) is 0 Å². The molecular weight excluding hydrogens is 238 g/mol. The fourth-order valence-electron chi connectivity index (χ4n) is 1.82. The summed E-state index contributed by atoms with van der Waals surface area (Å²) >= 11 is 0. The Morgan fingerprint density at radius 3 is 2.58 bits per heavy atom. The van der Waals surface area contributed by atoms with Crippen LogP contribution >= 0.6 is 0 Å². The van der Waals surface area contributed by atoms with Crippen molar-refractivity contribution in [3.05, 3.63) is 29.8 Å². The summed E-state index contributed by atoms with van der Waals surface area (Å²) in [5.41, 5.74) is 2.27. The van der Waals surface area contributed by atoms with E-state index in [1.54, 1.807) is 0 Å². The number of aliphatic hydroxyl groups is 1. The predicted molar refractivity (Wildman–Crippen MR) is 80.6 cm³/mol. The monoisotopic (exact) mass is 265 g/mol. The maximum absolute atomic E-state index is 9.78. The predicted octanol–water partition coefficient (Wildman–Crippen LogP) is 3.36. The molecule has 0 aliphatic carbocycles. The number of hydrogen-bond acceptors (Lipinski definition) is 3. The second-order valence-corrected chi connectivity index (χ2v) is 5.04. The number of benzene rings is 1. The summed E-state index contributed by atoms with van der Waals surface area (Å²) < 4.78 is 5.46. The van der Waals surface area contributed by atoms with Crippen LogP contribution in [0.1, 0.15) is 38.2 Å². The molecule has 0 bridgehead atoms. The van der Waals surface area contributed by atoms with E-state index in [1.807, 2.05) is 12.1 Å². The Balaban J connectivity index is 2.04. The third-order valence-electron chi connectivity index (χ3n) is 3.05. The van der Waals surface area contributed by atoms with Crippen LogP contribution in [-0.4, -0.2) is 31.0 Å². The number of unbranched alkanes of at least 4 members (excludes halogenated alkanes) is 3. The van der Waals surface area contributed by atoms with Gasteiger partial charge in [-0.25, -0.2) is 0 Å². The molecule has 0 radical (unpaired) electrons. The number of rotatable bonds is 10. The first-order valence-electron chi connectivity index (χ1n) is 7.28. The van der Waals surface area contributed by atoms with E-state index in [1.165, 1.54) is 24.8 Å². The Kier molecular flexibility index (Phi) is 8.26. The summed E-state index contributed by atoms with van der Waals surface area (Å²) in [5, 5.41) is 13.0. The van der Waals surface area contributed by atoms with Crippen LogP contribution < -0.4 is 5.32 Å². The zero-order valence-electron chi connectivity index (χ0n) is 12.2. The lowest BCUT2D eigenvalue weighted by atomic mass is 10.2. The number of anilines is 1. The Bertz CT molecular complexity index is 324. The van der Waals surface area contributed by atoms with Crippen LogP contribution in [0, 0.1) is 6.92 Å². The average molecular weight is 265 g/mol. The van der Waals surface area contributed by atoms with Crippen LogP contribution in [0.4, 0.5) is 5.69 Å². The van der Waals surface area contributed by atoms with E-state index >= 15 is 0 Å². The van der Waals surface area contributed by atoms with Crippen LogP contribution in [0.5, 0.6) is 0 Å². The van der Waals surface area contributed by atoms with Crippen molar-refractivity contribution in [2.24, 2.45) is 0 Å². The van der Waals surface area contributed by atoms with Crippen LogP contribution in [-0.2, 0) is 4.74 Å². The van der Waals surface area contributed by atoms with E-state index in [0.29, 0.717) is 13.2 Å². The molecule has 0 spiro atoms. The fraction of sp³-hybridized carbons (Fsp3) is 0.625. The summed E-state index contributed by atoms with van der Waals surface area (Å²) in [6.45, 7) is 5.94. The largest absolute Gasteiger partial charge is 0.389 e. The first-order valence-corrected chi connectivity index (χ1v) is 7.28. The zero-order valence-corrected chi connectivity index (χ0v) is 12.2. The van der Waals surface area contributed by atoms with Crippen molar-refractivity contribution in [1.29, 1.82) is 0 Å². The molecule has 108 valence electrons. The molecule has 1 rings (SSSR count). The summed E-state index contributed by atoms with van der Waals surface area (Å²) in [6, 6.07) is 8.15. The molecule has 0 fully saturated rings. The molecule has 0 aliphatic rings. The van der Waals surface area contributed by atoms with Gasteiger partial charge >= 0.3 is 0 Å². The molecule has 0 saturated heterocycles. The van der Waals surface area contributed by atoms with Gasteiger partial charge in [-0.05, 0) is 25.5 Å². The molecular formula is C16H27NO2. The number of hydrogen-bond donors (Lipinski definition) is 2. The van der Waals surface area contributed by atoms with Gasteiger partial charge in [0.1, 0.15) is 0 Å². The Hall–Kier alpha value is -1.06. The lowest BCUT2D eigenvalue weighted by molar-refractivity contribution is 0.0417. The van der Waals surface area contributed by atoms with Gasteiger partial charge in [0.15, 0.2) is 0 Å². The minimum absolute atomic E-state index is 0.408. The molecule has 0 saturated carbocycles. The minimum atomic E-state index is -0.451. The van der Waals surface area contributed by atoms with E-state index in [-0.39, 0.29) is 0 Å². The van der Waals surface area contributed by atoms with Crippen molar-refractivity contribution in [3.63, 3.8) is 0 Å². The summed E-state index contributed by atoms with van der Waals surface area (Å²) in [5.74, 6) is 0. The van der Waals surface area contributed by atoms with Crippen molar-refractivity contribution < 1.29 is 9.84 Å². The molecule has 1 atom stereocenters. The van der Waals surface area contributed by atoms with Crippen molar-refractivity contribution in [2.75, 3.05) is 25.1 Å². The molecule has 3 nitrogen and oxygen atoms in total. The molecule has 0 amide bonds. The number of aliphatic hydroxyl groups excluding tert-OH is 1. The normalized spacial score (nSPS) is 12.4. The van der Waals surface area contributed by atoms with Gasteiger partial charge in [-0.3, -0.25) is 0 Å². The average Bonchev–Trinajstić information content (AvgIpc) is 2.42. The van der Waals surface area contributed by atoms with Crippen LogP contribution in [0.15, 0.2) is 24.3 Å². The Morgan fingerprint density at radius 1 is 1.16 bits per heavy atom. The van der Waals surface area contributed by atoms with Gasteiger partial charge in [0, 0.05) is 18.8 Å². The highest BCUT2D eigenvalue weighted by molar-refractivity contribution is 5.44. The standard InChI is InChI=1S/C16H27NO2/c1-3-4-5-6-11-19-13-16(18)12-17-15-9-7-14(2)8-10-15/h7-10,16-18H,3-6,11-13H2,1-2H3. The highest BCUT2D eigenvalue weighted by Gasteiger charge is 2.03. The lowest BCUT2D eigenvalue weighted by Gasteiger charge is -2.13. The van der Waals surface area contributed by atoms with Crippen molar-refractivity contribution >= 4 is 5.69 Å². The van der Waals surface area contributed by atoms with Gasteiger partial charge in [-0.1, -0.05) is 43.9 Å². The van der Waals surface area contributed by atoms with E-state index < -0.39 is 6.10 Å². The highest BCUT2D eigenvalue weighted by Crippen LogP contribution is 2.08. The number of ether oxygens (including phenoxy) is 1. The molecule has 19 heavy (non-hydrogen) atoms. The van der Waals surface area contributed by atoms with Gasteiger partial charge in [0.25, 0.3) is 0 Å². The Morgan fingerprint density at radius 2 is 1.89 bits per heavy atom. The van der Waals surface area contributed by atoms with Crippen LogP contribution in [0.25, 0.3) is 0 Å². The first kappa shape index (κ1) is 16.0. The molecule has 1 aromatic rings. The molecule has 0 heterocycles. The third kappa shape index (κ3) is 7.85. The van der Waals surface area contributed by atoms with Gasteiger partial charge in [-0.2, -0.15) is 0 Å². The van der Waals surface area contributed by atoms with Gasteiger partial charge < -0.3 is 15.2 Å². The molecule has 1 unspecified atom stereocenters. The molecule has 1 aromatic carbocycles. The van der Waals surface area contributed by atoms with Gasteiger partial charge in [-0.15, -0.1) is 0 Å². The summed E-state index contributed by atoms with van der Waals surface area (Å²) in [4.78, 5) is 0. The maximum atomic E-state index is 9.78. The van der Waals surface area contributed by atoms with Crippen molar-refractivity contribution in [3.8, 4) is 0 Å². The number of aryl methyl sites for hydroxylation is 1. The summed E-state index contributed by atoms with van der Waals surface area (Å²) in [7, 11) is 0. The van der Waals surface area contributed by atoms with E-state index in [2.05, 4.69) is 31.3 Å². The maximum Gasteiger partial charge on any atom is 0.0945 e. The number of nitrogens with one attached hydrogen (secondary N) is 1. The zero-order chi connectivity index (χ0) is 13.9. The molecule has 0 aliphatic heterocycles. The summed E-state index contributed by atoms with van der Waals surface area (Å²) in [6.07, 6.45) is 4.36. The third-order valence-corrected chi connectivity index (χ3v) is 3.05. The van der Waals surface area contributed by atoms with Crippen molar-refractivity contribution in [1.82, 2.24) is 0 Å². The fourth-order valence-corrected chi connectivity index (χ4v) is 1.82. The van der Waals surface area contributed by atoms with E-state index in [9.17, 15) is 5.11 Å². The molecule has 2 N–H and O–H groups in total.